The maximum atomic E-state index is 4.65. The van der Waals surface area contributed by atoms with E-state index in [1.165, 1.54) is 31.4 Å². The normalized spacial score (nSPS) is 20.6. The lowest BCUT2D eigenvalue weighted by molar-refractivity contribution is 0.154. The van der Waals surface area contributed by atoms with E-state index < -0.39 is 0 Å². The van der Waals surface area contributed by atoms with Crippen LogP contribution < -0.4 is 4.90 Å². The van der Waals surface area contributed by atoms with Crippen molar-refractivity contribution in [1.82, 2.24) is 19.9 Å². The minimum absolute atomic E-state index is 0.262. The average Bonchev–Trinajstić information content (AvgIpc) is 3.01. The van der Waals surface area contributed by atoms with Crippen LogP contribution >= 0.6 is 0 Å². The Morgan fingerprint density at radius 2 is 1.79 bits per heavy atom. The Morgan fingerprint density at radius 3 is 2.54 bits per heavy atom. The predicted molar refractivity (Wildman–Crippen MR) is 94.8 cm³/mol. The second-order valence-corrected chi connectivity index (χ2v) is 7.07. The van der Waals surface area contributed by atoms with Crippen LogP contribution in [0, 0.1) is 6.92 Å². The minimum Gasteiger partial charge on any atom is -0.335 e. The third-order valence-electron chi connectivity index (χ3n) is 5.51. The second-order valence-electron chi connectivity index (χ2n) is 7.07. The molecule has 0 aromatic carbocycles. The summed E-state index contributed by atoms with van der Waals surface area (Å²) in [7, 11) is 0. The first-order valence-corrected chi connectivity index (χ1v) is 8.95. The highest BCUT2D eigenvalue weighted by Gasteiger charge is 2.44. The smallest absolute Gasteiger partial charge is 0.225 e. The molecule has 0 atom stereocenters. The lowest BCUT2D eigenvalue weighted by Crippen LogP contribution is -2.52. The number of hydrogen-bond acceptors (Lipinski definition) is 5. The van der Waals surface area contributed by atoms with Gasteiger partial charge in [-0.2, -0.15) is 0 Å². The second kappa shape index (κ2) is 6.48. The third kappa shape index (κ3) is 3.00. The standard InChI is InChI=1S/C19H25N5/c1-16-5-2-6-17(22-16)15-23-13-8-19(9-14-23)7-3-12-24(19)18-20-10-4-11-21-18/h2,4-6,10-11H,3,7-9,12-15H2,1H3. The average molecular weight is 323 g/mol. The van der Waals surface area contributed by atoms with E-state index in [2.05, 4.69) is 49.9 Å². The van der Waals surface area contributed by atoms with Crippen molar-refractivity contribution < 1.29 is 0 Å². The summed E-state index contributed by atoms with van der Waals surface area (Å²) < 4.78 is 0. The zero-order chi connectivity index (χ0) is 16.4. The summed E-state index contributed by atoms with van der Waals surface area (Å²) in [4.78, 5) is 18.6. The first kappa shape index (κ1) is 15.5. The number of aromatic nitrogens is 3. The summed E-state index contributed by atoms with van der Waals surface area (Å²) in [5, 5.41) is 0. The number of anilines is 1. The van der Waals surface area contributed by atoms with Gasteiger partial charge in [-0.05, 0) is 50.8 Å². The first-order valence-electron chi connectivity index (χ1n) is 8.95. The number of aryl methyl sites for hydroxylation is 1. The van der Waals surface area contributed by atoms with Gasteiger partial charge in [-0.15, -0.1) is 0 Å². The summed E-state index contributed by atoms with van der Waals surface area (Å²) in [5.74, 6) is 0.906. The van der Waals surface area contributed by atoms with Crippen LogP contribution in [0.2, 0.25) is 0 Å². The Balaban J connectivity index is 1.43. The number of nitrogens with zero attached hydrogens (tertiary/aromatic N) is 5. The van der Waals surface area contributed by atoms with Gasteiger partial charge >= 0.3 is 0 Å². The van der Waals surface area contributed by atoms with Crippen LogP contribution in [0.25, 0.3) is 0 Å². The van der Waals surface area contributed by atoms with Gasteiger partial charge in [0.05, 0.1) is 5.69 Å². The molecule has 126 valence electrons. The van der Waals surface area contributed by atoms with E-state index in [9.17, 15) is 0 Å². The number of pyridine rings is 1. The fourth-order valence-electron chi connectivity index (χ4n) is 4.25. The largest absolute Gasteiger partial charge is 0.335 e. The zero-order valence-corrected chi connectivity index (χ0v) is 14.4. The SMILES string of the molecule is Cc1cccc(CN2CCC3(CCCN3c3ncccn3)CC2)n1. The Bertz CT molecular complexity index is 679. The van der Waals surface area contributed by atoms with Crippen molar-refractivity contribution in [2.75, 3.05) is 24.5 Å². The Kier molecular flexibility index (Phi) is 4.19. The number of piperidine rings is 1. The molecule has 0 aliphatic carbocycles. The monoisotopic (exact) mass is 323 g/mol. The molecule has 2 aliphatic rings. The van der Waals surface area contributed by atoms with Crippen LogP contribution in [0.15, 0.2) is 36.7 Å². The van der Waals surface area contributed by atoms with E-state index in [1.54, 1.807) is 0 Å². The third-order valence-corrected chi connectivity index (χ3v) is 5.51. The van der Waals surface area contributed by atoms with E-state index in [0.29, 0.717) is 0 Å². The molecule has 2 aromatic heterocycles. The molecule has 0 N–H and O–H groups in total. The van der Waals surface area contributed by atoms with Crippen LogP contribution in [0.4, 0.5) is 5.95 Å². The molecule has 24 heavy (non-hydrogen) atoms. The van der Waals surface area contributed by atoms with Gasteiger partial charge in [0.15, 0.2) is 0 Å². The van der Waals surface area contributed by atoms with Crippen LogP contribution in [0.1, 0.15) is 37.1 Å². The van der Waals surface area contributed by atoms with E-state index >= 15 is 0 Å². The van der Waals surface area contributed by atoms with Gasteiger partial charge in [0.2, 0.25) is 5.95 Å². The summed E-state index contributed by atoms with van der Waals surface area (Å²) in [6, 6.07) is 8.19. The summed E-state index contributed by atoms with van der Waals surface area (Å²) in [5.41, 5.74) is 2.54. The zero-order valence-electron chi connectivity index (χ0n) is 14.4. The van der Waals surface area contributed by atoms with Crippen molar-refractivity contribution in [3.8, 4) is 0 Å². The van der Waals surface area contributed by atoms with Crippen molar-refractivity contribution >= 4 is 5.95 Å². The molecular weight excluding hydrogens is 298 g/mol. The topological polar surface area (TPSA) is 45.2 Å². The van der Waals surface area contributed by atoms with Crippen molar-refractivity contribution in [1.29, 1.82) is 0 Å². The highest BCUT2D eigenvalue weighted by Crippen LogP contribution is 2.40. The van der Waals surface area contributed by atoms with Gasteiger partial charge in [-0.25, -0.2) is 9.97 Å². The quantitative estimate of drug-likeness (QED) is 0.869. The fourth-order valence-corrected chi connectivity index (χ4v) is 4.25. The fraction of sp³-hybridized carbons (Fsp3) is 0.526. The Labute approximate surface area is 143 Å². The predicted octanol–water partition coefficient (Wildman–Crippen LogP) is 2.82. The van der Waals surface area contributed by atoms with Crippen LogP contribution in [-0.2, 0) is 6.54 Å². The maximum Gasteiger partial charge on any atom is 0.225 e. The number of likely N-dealkylation sites (tertiary alicyclic amines) is 1. The van der Waals surface area contributed by atoms with E-state index in [0.717, 1.165) is 37.8 Å². The highest BCUT2D eigenvalue weighted by molar-refractivity contribution is 5.37. The van der Waals surface area contributed by atoms with Gasteiger partial charge in [-0.1, -0.05) is 6.07 Å². The molecule has 0 saturated carbocycles. The van der Waals surface area contributed by atoms with Gasteiger partial charge in [0, 0.05) is 49.8 Å². The molecule has 4 heterocycles. The number of hydrogen-bond donors (Lipinski definition) is 0. The van der Waals surface area contributed by atoms with Crippen molar-refractivity contribution in [3.05, 3.63) is 48.0 Å². The van der Waals surface area contributed by atoms with Gasteiger partial charge in [0.25, 0.3) is 0 Å². The van der Waals surface area contributed by atoms with E-state index in [-0.39, 0.29) is 5.54 Å². The lowest BCUT2D eigenvalue weighted by Gasteiger charge is -2.45. The minimum atomic E-state index is 0.262. The molecule has 2 fully saturated rings. The molecule has 1 spiro atoms. The summed E-state index contributed by atoms with van der Waals surface area (Å²) in [6.07, 6.45) is 8.60. The Hall–Kier alpha value is -2.01. The molecule has 4 rings (SSSR count). The van der Waals surface area contributed by atoms with E-state index in [1.807, 2.05) is 18.5 Å². The van der Waals surface area contributed by atoms with Crippen LogP contribution in [-0.4, -0.2) is 45.0 Å². The van der Waals surface area contributed by atoms with Crippen molar-refractivity contribution in [2.45, 2.75) is 44.7 Å². The first-order chi connectivity index (χ1) is 11.8. The van der Waals surface area contributed by atoms with Gasteiger partial charge in [-0.3, -0.25) is 9.88 Å². The molecule has 2 saturated heterocycles. The maximum absolute atomic E-state index is 4.65. The van der Waals surface area contributed by atoms with Gasteiger partial charge < -0.3 is 4.90 Å². The van der Waals surface area contributed by atoms with Gasteiger partial charge in [0.1, 0.15) is 0 Å². The molecule has 0 amide bonds. The molecule has 5 heteroatoms. The molecule has 2 aromatic rings. The molecule has 0 bridgehead atoms. The molecule has 2 aliphatic heterocycles. The Morgan fingerprint density at radius 1 is 1.00 bits per heavy atom. The lowest BCUT2D eigenvalue weighted by atomic mass is 9.85. The van der Waals surface area contributed by atoms with Crippen LogP contribution in [0.5, 0.6) is 0 Å². The summed E-state index contributed by atoms with van der Waals surface area (Å²) in [6.45, 7) is 6.35. The molecule has 5 nitrogen and oxygen atoms in total. The van der Waals surface area contributed by atoms with Crippen LogP contribution in [0.3, 0.4) is 0 Å². The molecule has 0 unspecified atom stereocenters. The highest BCUT2D eigenvalue weighted by atomic mass is 15.3. The van der Waals surface area contributed by atoms with E-state index in [4.69, 9.17) is 0 Å². The molecule has 0 radical (unpaired) electrons. The van der Waals surface area contributed by atoms with Crippen molar-refractivity contribution in [2.24, 2.45) is 0 Å². The molecular formula is C19H25N5. The summed E-state index contributed by atoms with van der Waals surface area (Å²) >= 11 is 0. The van der Waals surface area contributed by atoms with Crippen molar-refractivity contribution in [3.63, 3.8) is 0 Å². The number of rotatable bonds is 3.